The lowest BCUT2D eigenvalue weighted by atomic mass is 9.75. The predicted octanol–water partition coefficient (Wildman–Crippen LogP) is 2.66. The van der Waals surface area contributed by atoms with Gasteiger partial charge in [-0.05, 0) is 45.5 Å². The number of hydrogen-bond acceptors (Lipinski definition) is 3. The molecule has 1 saturated carbocycles. The summed E-state index contributed by atoms with van der Waals surface area (Å²) in [5.41, 5.74) is 0.318. The monoisotopic (exact) mass is 253 g/mol. The first kappa shape index (κ1) is 12.7. The van der Waals surface area contributed by atoms with Crippen LogP contribution >= 0.6 is 11.6 Å². The third-order valence-electron chi connectivity index (χ3n) is 3.86. The average Bonchev–Trinajstić information content (AvgIpc) is 2.22. The first-order valence-electron chi connectivity index (χ1n) is 6.05. The number of nitrogens with zero attached hydrogens (tertiary/aromatic N) is 3. The summed E-state index contributed by atoms with van der Waals surface area (Å²) < 4.78 is 0. The van der Waals surface area contributed by atoms with E-state index in [0.717, 1.165) is 12.4 Å². The fourth-order valence-corrected chi connectivity index (χ4v) is 2.62. The molecule has 0 aromatic carbocycles. The number of anilines is 1. The molecule has 1 heterocycles. The lowest BCUT2D eigenvalue weighted by molar-refractivity contribution is 0.0682. The van der Waals surface area contributed by atoms with Crippen LogP contribution in [0.4, 0.5) is 5.82 Å². The van der Waals surface area contributed by atoms with Gasteiger partial charge in [-0.3, -0.25) is 0 Å². The van der Waals surface area contributed by atoms with Crippen LogP contribution in [0.2, 0.25) is 5.15 Å². The van der Waals surface area contributed by atoms with E-state index >= 15 is 0 Å². The van der Waals surface area contributed by atoms with Gasteiger partial charge in [0.1, 0.15) is 11.0 Å². The van der Waals surface area contributed by atoms with Crippen molar-refractivity contribution in [1.29, 1.82) is 0 Å². The lowest BCUT2D eigenvalue weighted by Crippen LogP contribution is -2.56. The molecule has 1 fully saturated rings. The van der Waals surface area contributed by atoms with Crippen LogP contribution in [0.25, 0.3) is 0 Å². The molecule has 1 aromatic heterocycles. The highest BCUT2D eigenvalue weighted by Crippen LogP contribution is 2.37. The van der Waals surface area contributed by atoms with E-state index in [4.69, 9.17) is 11.6 Å². The minimum Gasteiger partial charge on any atom is -0.358 e. The molecule has 0 aliphatic heterocycles. The van der Waals surface area contributed by atoms with Crippen molar-refractivity contribution in [3.63, 3.8) is 0 Å². The van der Waals surface area contributed by atoms with Crippen molar-refractivity contribution in [3.05, 3.63) is 23.4 Å². The second-order valence-corrected chi connectivity index (χ2v) is 5.53. The van der Waals surface area contributed by atoms with Crippen molar-refractivity contribution < 1.29 is 0 Å². The second kappa shape index (κ2) is 4.83. The summed E-state index contributed by atoms with van der Waals surface area (Å²) in [6.45, 7) is 1.01. The summed E-state index contributed by atoms with van der Waals surface area (Å²) >= 11 is 5.92. The zero-order valence-electron chi connectivity index (χ0n) is 10.8. The molecule has 94 valence electrons. The Morgan fingerprint density at radius 3 is 2.47 bits per heavy atom. The third-order valence-corrected chi connectivity index (χ3v) is 4.07. The zero-order chi connectivity index (χ0) is 12.5. The summed E-state index contributed by atoms with van der Waals surface area (Å²) in [5.74, 6) is 0.950. The van der Waals surface area contributed by atoms with E-state index in [0.29, 0.717) is 10.7 Å². The highest BCUT2D eigenvalue weighted by Gasteiger charge is 2.40. The first-order chi connectivity index (χ1) is 8.03. The summed E-state index contributed by atoms with van der Waals surface area (Å²) in [5, 5.41) is 0.557. The van der Waals surface area contributed by atoms with E-state index in [2.05, 4.69) is 35.9 Å². The van der Waals surface area contributed by atoms with Gasteiger partial charge in [0.2, 0.25) is 0 Å². The van der Waals surface area contributed by atoms with Crippen LogP contribution in [0.5, 0.6) is 0 Å². The van der Waals surface area contributed by atoms with Crippen LogP contribution < -0.4 is 4.90 Å². The van der Waals surface area contributed by atoms with Gasteiger partial charge in [0.15, 0.2) is 0 Å². The molecule has 0 spiro atoms. The maximum atomic E-state index is 5.92. The molecule has 2 rings (SSSR count). The van der Waals surface area contributed by atoms with Crippen LogP contribution in [0.3, 0.4) is 0 Å². The fourth-order valence-electron chi connectivity index (χ4n) is 2.46. The Bertz CT molecular complexity index is 388. The first-order valence-corrected chi connectivity index (χ1v) is 6.42. The molecule has 1 aliphatic carbocycles. The summed E-state index contributed by atoms with van der Waals surface area (Å²) in [6, 6.07) is 5.77. The Hall–Kier alpha value is -0.800. The van der Waals surface area contributed by atoms with Crippen molar-refractivity contribution in [2.24, 2.45) is 0 Å². The molecule has 1 aromatic rings. The summed E-state index contributed by atoms with van der Waals surface area (Å²) in [7, 11) is 6.42. The van der Waals surface area contributed by atoms with Gasteiger partial charge in [0.05, 0.1) is 0 Å². The molecule has 0 bridgehead atoms. The smallest absolute Gasteiger partial charge is 0.131 e. The molecule has 0 atom stereocenters. The highest BCUT2D eigenvalue weighted by atomic mass is 35.5. The molecule has 17 heavy (non-hydrogen) atoms. The van der Waals surface area contributed by atoms with Gasteiger partial charge < -0.3 is 9.80 Å². The average molecular weight is 254 g/mol. The Kier molecular flexibility index (Phi) is 3.59. The van der Waals surface area contributed by atoms with Gasteiger partial charge >= 0.3 is 0 Å². The molecular weight excluding hydrogens is 234 g/mol. The van der Waals surface area contributed by atoms with E-state index < -0.39 is 0 Å². The van der Waals surface area contributed by atoms with Crippen molar-refractivity contribution in [2.75, 3.05) is 32.6 Å². The second-order valence-electron chi connectivity index (χ2n) is 5.15. The summed E-state index contributed by atoms with van der Waals surface area (Å²) in [4.78, 5) is 8.89. The zero-order valence-corrected chi connectivity index (χ0v) is 11.5. The van der Waals surface area contributed by atoms with Crippen LogP contribution in [0.1, 0.15) is 19.3 Å². The van der Waals surface area contributed by atoms with E-state index in [-0.39, 0.29) is 0 Å². The Morgan fingerprint density at radius 2 is 2.00 bits per heavy atom. The van der Waals surface area contributed by atoms with Crippen LogP contribution in [0, 0.1) is 0 Å². The van der Waals surface area contributed by atoms with Crippen molar-refractivity contribution in [2.45, 2.75) is 24.8 Å². The molecule has 0 unspecified atom stereocenters. The molecule has 3 nitrogen and oxygen atoms in total. The van der Waals surface area contributed by atoms with E-state index in [9.17, 15) is 0 Å². The molecule has 4 heteroatoms. The largest absolute Gasteiger partial charge is 0.358 e. The van der Waals surface area contributed by atoms with Crippen molar-refractivity contribution in [1.82, 2.24) is 9.88 Å². The Labute approximate surface area is 108 Å². The molecular formula is C13H20ClN3. The number of rotatable bonds is 4. The van der Waals surface area contributed by atoms with Gasteiger partial charge in [-0.2, -0.15) is 0 Å². The Morgan fingerprint density at radius 1 is 1.29 bits per heavy atom. The molecule has 0 amide bonds. The molecule has 0 N–H and O–H groups in total. The maximum Gasteiger partial charge on any atom is 0.131 e. The fraction of sp³-hybridized carbons (Fsp3) is 0.615. The van der Waals surface area contributed by atoms with Gasteiger partial charge in [-0.15, -0.1) is 0 Å². The van der Waals surface area contributed by atoms with Gasteiger partial charge in [0.25, 0.3) is 0 Å². The van der Waals surface area contributed by atoms with Gasteiger partial charge in [-0.1, -0.05) is 17.7 Å². The number of hydrogen-bond donors (Lipinski definition) is 0. The number of pyridine rings is 1. The number of likely N-dealkylation sites (N-methyl/N-ethyl adjacent to an activating group) is 2. The minimum absolute atomic E-state index is 0.318. The van der Waals surface area contributed by atoms with E-state index in [1.807, 2.05) is 18.2 Å². The highest BCUT2D eigenvalue weighted by molar-refractivity contribution is 6.29. The maximum absolute atomic E-state index is 5.92. The third kappa shape index (κ3) is 2.55. The number of halogens is 1. The van der Waals surface area contributed by atoms with Crippen LogP contribution in [0.15, 0.2) is 18.2 Å². The van der Waals surface area contributed by atoms with E-state index in [1.54, 1.807) is 0 Å². The lowest BCUT2D eigenvalue weighted by Gasteiger charge is -2.49. The standard InChI is InChI=1S/C13H20ClN3/c1-16(2)13(8-5-9-13)10-17(3)12-7-4-6-11(14)15-12/h4,6-7H,5,8-10H2,1-3H3. The molecule has 0 saturated heterocycles. The Balaban J connectivity index is 2.08. The molecule has 1 aliphatic rings. The normalized spacial score (nSPS) is 17.9. The minimum atomic E-state index is 0.318. The van der Waals surface area contributed by atoms with Crippen molar-refractivity contribution >= 4 is 17.4 Å². The number of aromatic nitrogens is 1. The quantitative estimate of drug-likeness (QED) is 0.769. The topological polar surface area (TPSA) is 19.4 Å². The predicted molar refractivity (Wildman–Crippen MR) is 72.8 cm³/mol. The van der Waals surface area contributed by atoms with Gasteiger partial charge in [0, 0.05) is 19.1 Å². The van der Waals surface area contributed by atoms with E-state index in [1.165, 1.54) is 19.3 Å². The molecule has 0 radical (unpaired) electrons. The summed E-state index contributed by atoms with van der Waals surface area (Å²) in [6.07, 6.45) is 3.87. The SMILES string of the molecule is CN(CC1(N(C)C)CCC1)c1cccc(Cl)n1. The van der Waals surface area contributed by atoms with Gasteiger partial charge in [-0.25, -0.2) is 4.98 Å². The van der Waals surface area contributed by atoms with Crippen LogP contribution in [-0.2, 0) is 0 Å². The van der Waals surface area contributed by atoms with Crippen LogP contribution in [-0.4, -0.2) is 43.1 Å². The van der Waals surface area contributed by atoms with Crippen molar-refractivity contribution in [3.8, 4) is 0 Å².